The Hall–Kier alpha value is -1.90. The van der Waals surface area contributed by atoms with Gasteiger partial charge in [0.15, 0.2) is 0 Å². The van der Waals surface area contributed by atoms with Crippen LogP contribution in [0.1, 0.15) is 33.1 Å². The smallest absolute Gasteiger partial charge is 0.224 e. The third kappa shape index (κ3) is 3.78. The number of fused-ring (bicyclic) bond motifs is 1. The van der Waals surface area contributed by atoms with E-state index in [0.29, 0.717) is 12.3 Å². The minimum Gasteiger partial charge on any atom is -0.326 e. The van der Waals surface area contributed by atoms with Gasteiger partial charge in [0.05, 0.1) is 0 Å². The fourth-order valence-corrected chi connectivity index (χ4v) is 2.28. The van der Waals surface area contributed by atoms with Gasteiger partial charge in [0.1, 0.15) is 0 Å². The molecule has 1 aromatic heterocycles. The topological polar surface area (TPSA) is 42.0 Å². The van der Waals surface area contributed by atoms with Crippen LogP contribution in [0.15, 0.2) is 36.7 Å². The van der Waals surface area contributed by atoms with Crippen LogP contribution >= 0.6 is 0 Å². The molecule has 0 fully saturated rings. The Morgan fingerprint density at radius 3 is 2.95 bits per heavy atom. The highest BCUT2D eigenvalue weighted by Gasteiger charge is 2.08. The Bertz CT molecular complexity index is 565. The molecule has 1 unspecified atom stereocenters. The second kappa shape index (κ2) is 6.32. The molecule has 1 amide bonds. The summed E-state index contributed by atoms with van der Waals surface area (Å²) in [4.78, 5) is 16.0. The molecule has 0 saturated carbocycles. The predicted octanol–water partition coefficient (Wildman–Crippen LogP) is 4.00. The number of anilines is 1. The molecular formula is C16H20N2O. The van der Waals surface area contributed by atoms with Crippen LogP contribution in [-0.2, 0) is 4.79 Å². The molecule has 0 saturated heterocycles. The average molecular weight is 256 g/mol. The highest BCUT2D eigenvalue weighted by Crippen LogP contribution is 2.19. The van der Waals surface area contributed by atoms with Crippen LogP contribution in [0.4, 0.5) is 5.69 Å². The molecule has 19 heavy (non-hydrogen) atoms. The molecule has 0 radical (unpaired) electrons. The van der Waals surface area contributed by atoms with Crippen LogP contribution in [0.2, 0.25) is 0 Å². The summed E-state index contributed by atoms with van der Waals surface area (Å²) in [6.07, 6.45) is 6.39. The van der Waals surface area contributed by atoms with Crippen LogP contribution in [0.3, 0.4) is 0 Å². The lowest BCUT2D eigenvalue weighted by atomic mass is 10.0. The number of nitrogens with one attached hydrogen (secondary N) is 1. The number of carbonyl (C=O) groups excluding carboxylic acids is 1. The first kappa shape index (κ1) is 13.5. The summed E-state index contributed by atoms with van der Waals surface area (Å²) in [7, 11) is 0. The third-order valence-corrected chi connectivity index (χ3v) is 3.24. The number of benzene rings is 1. The standard InChI is InChI=1S/C16H20N2O/c1-3-4-12(2)9-16(19)18-15-6-5-14-11-17-8-7-13(14)10-15/h5-8,10-12H,3-4,9H2,1-2H3,(H,18,19). The van der Waals surface area contributed by atoms with Crippen LogP contribution in [-0.4, -0.2) is 10.9 Å². The van der Waals surface area contributed by atoms with E-state index in [1.807, 2.05) is 30.5 Å². The quantitative estimate of drug-likeness (QED) is 0.878. The average Bonchev–Trinajstić information content (AvgIpc) is 2.38. The zero-order valence-electron chi connectivity index (χ0n) is 11.5. The highest BCUT2D eigenvalue weighted by atomic mass is 16.1. The Morgan fingerprint density at radius 2 is 2.16 bits per heavy atom. The molecule has 0 spiro atoms. The van der Waals surface area contributed by atoms with Gasteiger partial charge in [-0.05, 0) is 29.5 Å². The summed E-state index contributed by atoms with van der Waals surface area (Å²) in [6.45, 7) is 4.26. The first-order chi connectivity index (χ1) is 9.19. The normalized spacial score (nSPS) is 12.3. The molecule has 0 aliphatic heterocycles. The van der Waals surface area contributed by atoms with Crippen molar-refractivity contribution in [3.8, 4) is 0 Å². The van der Waals surface area contributed by atoms with Crippen molar-refractivity contribution >= 4 is 22.4 Å². The first-order valence-corrected chi connectivity index (χ1v) is 6.82. The minimum atomic E-state index is 0.0920. The van der Waals surface area contributed by atoms with E-state index in [9.17, 15) is 4.79 Å². The fraction of sp³-hybridized carbons (Fsp3) is 0.375. The minimum absolute atomic E-state index is 0.0920. The maximum Gasteiger partial charge on any atom is 0.224 e. The van der Waals surface area contributed by atoms with Crippen LogP contribution in [0.5, 0.6) is 0 Å². The van der Waals surface area contributed by atoms with Crippen LogP contribution in [0.25, 0.3) is 10.8 Å². The van der Waals surface area contributed by atoms with Gasteiger partial charge < -0.3 is 5.32 Å². The van der Waals surface area contributed by atoms with Crippen LogP contribution < -0.4 is 5.32 Å². The Labute approximate surface area is 114 Å². The number of rotatable bonds is 5. The Balaban J connectivity index is 2.02. The largest absolute Gasteiger partial charge is 0.326 e. The monoisotopic (exact) mass is 256 g/mol. The summed E-state index contributed by atoms with van der Waals surface area (Å²) < 4.78 is 0. The number of hydrogen-bond donors (Lipinski definition) is 1. The summed E-state index contributed by atoms with van der Waals surface area (Å²) in [5, 5.41) is 5.14. The molecule has 1 atom stereocenters. The number of aromatic nitrogens is 1. The molecule has 1 aromatic carbocycles. The first-order valence-electron chi connectivity index (χ1n) is 6.82. The zero-order valence-corrected chi connectivity index (χ0v) is 11.5. The molecule has 0 bridgehead atoms. The highest BCUT2D eigenvalue weighted by molar-refractivity contribution is 5.94. The second-order valence-corrected chi connectivity index (χ2v) is 5.08. The van der Waals surface area contributed by atoms with Crippen molar-refractivity contribution in [2.75, 3.05) is 5.32 Å². The van der Waals surface area contributed by atoms with Gasteiger partial charge in [0.25, 0.3) is 0 Å². The van der Waals surface area contributed by atoms with E-state index in [1.165, 1.54) is 0 Å². The van der Waals surface area contributed by atoms with Crippen molar-refractivity contribution in [1.29, 1.82) is 0 Å². The van der Waals surface area contributed by atoms with Gasteiger partial charge in [0.2, 0.25) is 5.91 Å². The molecule has 1 N–H and O–H groups in total. The lowest BCUT2D eigenvalue weighted by Crippen LogP contribution is -2.15. The summed E-state index contributed by atoms with van der Waals surface area (Å²) >= 11 is 0. The molecule has 100 valence electrons. The number of carbonyl (C=O) groups is 1. The summed E-state index contributed by atoms with van der Waals surface area (Å²) in [5.74, 6) is 0.531. The maximum absolute atomic E-state index is 11.9. The van der Waals surface area contributed by atoms with E-state index in [-0.39, 0.29) is 5.91 Å². The number of nitrogens with zero attached hydrogens (tertiary/aromatic N) is 1. The van der Waals surface area contributed by atoms with Crippen LogP contribution in [0, 0.1) is 5.92 Å². The Kier molecular flexibility index (Phi) is 4.50. The molecule has 0 aliphatic rings. The van der Waals surface area contributed by atoms with E-state index >= 15 is 0 Å². The third-order valence-electron chi connectivity index (χ3n) is 3.24. The van der Waals surface area contributed by atoms with E-state index in [0.717, 1.165) is 29.3 Å². The molecule has 2 rings (SSSR count). The van der Waals surface area contributed by atoms with Crippen molar-refractivity contribution in [2.45, 2.75) is 33.1 Å². The maximum atomic E-state index is 11.9. The molecular weight excluding hydrogens is 236 g/mol. The number of hydrogen-bond acceptors (Lipinski definition) is 2. The molecule has 3 heteroatoms. The van der Waals surface area contributed by atoms with Crippen molar-refractivity contribution in [1.82, 2.24) is 4.98 Å². The van der Waals surface area contributed by atoms with Crippen molar-refractivity contribution in [3.63, 3.8) is 0 Å². The van der Waals surface area contributed by atoms with Gasteiger partial charge in [-0.1, -0.05) is 32.8 Å². The van der Waals surface area contributed by atoms with Crippen molar-refractivity contribution in [3.05, 3.63) is 36.7 Å². The van der Waals surface area contributed by atoms with Gasteiger partial charge in [-0.2, -0.15) is 0 Å². The fourth-order valence-electron chi connectivity index (χ4n) is 2.28. The van der Waals surface area contributed by atoms with Gasteiger partial charge in [-0.15, -0.1) is 0 Å². The lowest BCUT2D eigenvalue weighted by Gasteiger charge is -2.10. The van der Waals surface area contributed by atoms with Gasteiger partial charge in [0, 0.05) is 29.9 Å². The lowest BCUT2D eigenvalue weighted by molar-refractivity contribution is -0.117. The van der Waals surface area contributed by atoms with Crippen molar-refractivity contribution in [2.24, 2.45) is 5.92 Å². The Morgan fingerprint density at radius 1 is 1.32 bits per heavy atom. The van der Waals surface area contributed by atoms with Gasteiger partial charge in [-0.25, -0.2) is 0 Å². The molecule has 3 nitrogen and oxygen atoms in total. The molecule has 0 aliphatic carbocycles. The summed E-state index contributed by atoms with van der Waals surface area (Å²) in [6, 6.07) is 7.84. The van der Waals surface area contributed by atoms with Gasteiger partial charge in [-0.3, -0.25) is 9.78 Å². The summed E-state index contributed by atoms with van der Waals surface area (Å²) in [5.41, 5.74) is 0.854. The molecule has 2 aromatic rings. The van der Waals surface area contributed by atoms with Gasteiger partial charge >= 0.3 is 0 Å². The van der Waals surface area contributed by atoms with Crippen molar-refractivity contribution < 1.29 is 4.79 Å². The molecule has 1 heterocycles. The van der Waals surface area contributed by atoms with E-state index in [4.69, 9.17) is 0 Å². The zero-order chi connectivity index (χ0) is 13.7. The number of pyridine rings is 1. The van der Waals surface area contributed by atoms with E-state index < -0.39 is 0 Å². The van der Waals surface area contributed by atoms with E-state index in [2.05, 4.69) is 24.1 Å². The second-order valence-electron chi connectivity index (χ2n) is 5.08. The number of amides is 1. The SMILES string of the molecule is CCCC(C)CC(=O)Nc1ccc2cnccc2c1. The predicted molar refractivity (Wildman–Crippen MR) is 79.1 cm³/mol. The van der Waals surface area contributed by atoms with E-state index in [1.54, 1.807) is 6.20 Å².